The van der Waals surface area contributed by atoms with Crippen molar-refractivity contribution in [2.75, 3.05) is 17.6 Å². The van der Waals surface area contributed by atoms with Gasteiger partial charge in [0.1, 0.15) is 11.5 Å². The lowest BCUT2D eigenvalue weighted by Gasteiger charge is -2.14. The molecule has 0 aromatic carbocycles. The molecule has 0 bridgehead atoms. The monoisotopic (exact) mass is 234 g/mol. The standard InChI is InChI=1S/C10H14N6O/c1-5(17)4-12-9-6(2)7(3)16-10(8(9)11)13-14-15-16/h12H,4,11H2,1-3H3. The third kappa shape index (κ3) is 1.79. The molecule has 2 heterocycles. The van der Waals surface area contributed by atoms with E-state index in [2.05, 4.69) is 20.8 Å². The van der Waals surface area contributed by atoms with Crippen LogP contribution < -0.4 is 11.1 Å². The lowest BCUT2D eigenvalue weighted by atomic mass is 10.1. The number of tetrazole rings is 1. The molecular weight excluding hydrogens is 220 g/mol. The van der Waals surface area contributed by atoms with E-state index in [1.165, 1.54) is 6.92 Å². The van der Waals surface area contributed by atoms with Crippen molar-refractivity contribution in [2.24, 2.45) is 0 Å². The maximum Gasteiger partial charge on any atom is 0.204 e. The topological polar surface area (TPSA) is 98.2 Å². The van der Waals surface area contributed by atoms with Gasteiger partial charge >= 0.3 is 0 Å². The van der Waals surface area contributed by atoms with E-state index in [1.807, 2.05) is 13.8 Å². The average molecular weight is 234 g/mol. The van der Waals surface area contributed by atoms with E-state index in [9.17, 15) is 4.79 Å². The number of carbonyl (C=O) groups excluding carboxylic acids is 1. The summed E-state index contributed by atoms with van der Waals surface area (Å²) in [6, 6.07) is 0. The van der Waals surface area contributed by atoms with Gasteiger partial charge in [0.25, 0.3) is 0 Å². The fraction of sp³-hybridized carbons (Fsp3) is 0.400. The molecule has 2 aromatic heterocycles. The Bertz CT molecular complexity index is 588. The molecule has 0 amide bonds. The number of nitrogens with one attached hydrogen (secondary N) is 1. The number of rotatable bonds is 3. The number of aryl methyl sites for hydroxylation is 1. The van der Waals surface area contributed by atoms with Gasteiger partial charge in [0.05, 0.1) is 12.2 Å². The third-order valence-corrected chi connectivity index (χ3v) is 2.73. The lowest BCUT2D eigenvalue weighted by Crippen LogP contribution is -2.14. The smallest absolute Gasteiger partial charge is 0.204 e. The highest BCUT2D eigenvalue weighted by Gasteiger charge is 2.15. The molecule has 90 valence electrons. The summed E-state index contributed by atoms with van der Waals surface area (Å²) < 4.78 is 1.59. The lowest BCUT2D eigenvalue weighted by molar-refractivity contribution is -0.115. The molecule has 0 aliphatic heterocycles. The summed E-state index contributed by atoms with van der Waals surface area (Å²) in [5, 5.41) is 14.3. The fourth-order valence-electron chi connectivity index (χ4n) is 1.68. The van der Waals surface area contributed by atoms with Gasteiger partial charge in [0.15, 0.2) is 0 Å². The number of nitrogens with zero attached hydrogens (tertiary/aromatic N) is 4. The van der Waals surface area contributed by atoms with Crippen LogP contribution in [-0.2, 0) is 4.79 Å². The minimum atomic E-state index is 0.0425. The first kappa shape index (κ1) is 11.3. The Morgan fingerprint density at radius 3 is 2.82 bits per heavy atom. The summed E-state index contributed by atoms with van der Waals surface area (Å²) in [4.78, 5) is 11.0. The molecule has 0 spiro atoms. The van der Waals surface area contributed by atoms with Crippen LogP contribution in [-0.4, -0.2) is 32.4 Å². The maximum atomic E-state index is 11.0. The Morgan fingerprint density at radius 1 is 1.47 bits per heavy atom. The van der Waals surface area contributed by atoms with E-state index in [1.54, 1.807) is 4.52 Å². The Morgan fingerprint density at radius 2 is 2.18 bits per heavy atom. The van der Waals surface area contributed by atoms with Gasteiger partial charge in [-0.25, -0.2) is 0 Å². The predicted molar refractivity (Wildman–Crippen MR) is 63.8 cm³/mol. The number of nitrogen functional groups attached to an aromatic ring is 1. The minimum absolute atomic E-state index is 0.0425. The third-order valence-electron chi connectivity index (χ3n) is 2.73. The van der Waals surface area contributed by atoms with Crippen molar-refractivity contribution in [3.8, 4) is 0 Å². The Labute approximate surface area is 98.0 Å². The normalized spacial score (nSPS) is 10.8. The largest absolute Gasteiger partial charge is 0.394 e. The number of pyridine rings is 1. The summed E-state index contributed by atoms with van der Waals surface area (Å²) in [7, 11) is 0. The molecule has 0 saturated heterocycles. The molecule has 2 rings (SSSR count). The highest BCUT2D eigenvalue weighted by Crippen LogP contribution is 2.28. The van der Waals surface area contributed by atoms with Crippen molar-refractivity contribution in [1.29, 1.82) is 0 Å². The molecule has 7 nitrogen and oxygen atoms in total. The molecule has 3 N–H and O–H groups in total. The predicted octanol–water partition coefficient (Wildman–Crippen LogP) is 0.324. The zero-order chi connectivity index (χ0) is 12.6. The number of ketones is 1. The van der Waals surface area contributed by atoms with E-state index in [0.717, 1.165) is 16.9 Å². The minimum Gasteiger partial charge on any atom is -0.394 e. The molecular formula is C10H14N6O. The van der Waals surface area contributed by atoms with Gasteiger partial charge in [-0.2, -0.15) is 4.52 Å². The Kier molecular flexibility index (Phi) is 2.66. The SMILES string of the molecule is CC(=O)CNc1c(C)c(C)n2nnnc2c1N. The van der Waals surface area contributed by atoms with E-state index in [4.69, 9.17) is 5.73 Å². The van der Waals surface area contributed by atoms with Crippen LogP contribution in [0.3, 0.4) is 0 Å². The van der Waals surface area contributed by atoms with Gasteiger partial charge in [0, 0.05) is 5.69 Å². The molecule has 17 heavy (non-hydrogen) atoms. The fourth-order valence-corrected chi connectivity index (χ4v) is 1.68. The van der Waals surface area contributed by atoms with Crippen LogP contribution in [0.4, 0.5) is 11.4 Å². The van der Waals surface area contributed by atoms with Crippen LogP contribution in [0.25, 0.3) is 5.65 Å². The second-order valence-electron chi connectivity index (χ2n) is 3.97. The van der Waals surface area contributed by atoms with E-state index < -0.39 is 0 Å². The van der Waals surface area contributed by atoms with E-state index in [-0.39, 0.29) is 12.3 Å². The molecule has 0 unspecified atom stereocenters. The van der Waals surface area contributed by atoms with Crippen molar-refractivity contribution >= 4 is 22.8 Å². The van der Waals surface area contributed by atoms with Crippen molar-refractivity contribution in [3.05, 3.63) is 11.3 Å². The van der Waals surface area contributed by atoms with Crippen LogP contribution in [0.15, 0.2) is 0 Å². The summed E-state index contributed by atoms with van der Waals surface area (Å²) in [6.07, 6.45) is 0. The summed E-state index contributed by atoms with van der Waals surface area (Å²) in [5.74, 6) is 0.0425. The zero-order valence-corrected chi connectivity index (χ0v) is 9.98. The number of anilines is 2. The van der Waals surface area contributed by atoms with Crippen LogP contribution in [0, 0.1) is 13.8 Å². The van der Waals surface area contributed by atoms with Crippen LogP contribution >= 0.6 is 0 Å². The van der Waals surface area contributed by atoms with Crippen LogP contribution in [0.5, 0.6) is 0 Å². The van der Waals surface area contributed by atoms with Crippen molar-refractivity contribution in [2.45, 2.75) is 20.8 Å². The number of aromatic nitrogens is 4. The first-order chi connectivity index (χ1) is 8.02. The second kappa shape index (κ2) is 4.00. The van der Waals surface area contributed by atoms with Crippen molar-refractivity contribution in [3.63, 3.8) is 0 Å². The molecule has 0 atom stereocenters. The van der Waals surface area contributed by atoms with Gasteiger partial charge in [-0.1, -0.05) is 0 Å². The van der Waals surface area contributed by atoms with Crippen molar-refractivity contribution in [1.82, 2.24) is 20.0 Å². The van der Waals surface area contributed by atoms with Crippen LogP contribution in [0.2, 0.25) is 0 Å². The summed E-state index contributed by atoms with van der Waals surface area (Å²) in [5.41, 5.74) is 9.49. The van der Waals surface area contributed by atoms with Gasteiger partial charge in [-0.15, -0.1) is 5.10 Å². The Hall–Kier alpha value is -2.18. The zero-order valence-electron chi connectivity index (χ0n) is 9.98. The van der Waals surface area contributed by atoms with E-state index >= 15 is 0 Å². The number of hydrogen-bond acceptors (Lipinski definition) is 6. The molecule has 0 saturated carbocycles. The first-order valence-corrected chi connectivity index (χ1v) is 5.22. The number of fused-ring (bicyclic) bond motifs is 1. The molecule has 0 radical (unpaired) electrons. The average Bonchev–Trinajstić information content (AvgIpc) is 2.75. The highest BCUT2D eigenvalue weighted by atomic mass is 16.1. The number of Topliss-reactive ketones (excluding diaryl/α,β-unsaturated/α-hetero) is 1. The highest BCUT2D eigenvalue weighted by molar-refractivity contribution is 5.86. The summed E-state index contributed by atoms with van der Waals surface area (Å²) in [6.45, 7) is 5.57. The second-order valence-corrected chi connectivity index (χ2v) is 3.97. The summed E-state index contributed by atoms with van der Waals surface area (Å²) >= 11 is 0. The van der Waals surface area contributed by atoms with Crippen molar-refractivity contribution < 1.29 is 4.79 Å². The molecule has 0 aliphatic rings. The van der Waals surface area contributed by atoms with Gasteiger partial charge < -0.3 is 11.1 Å². The van der Waals surface area contributed by atoms with Gasteiger partial charge in [0.2, 0.25) is 5.65 Å². The first-order valence-electron chi connectivity index (χ1n) is 5.22. The maximum absolute atomic E-state index is 11.0. The quantitative estimate of drug-likeness (QED) is 0.793. The molecule has 7 heteroatoms. The van der Waals surface area contributed by atoms with Gasteiger partial charge in [-0.05, 0) is 36.8 Å². The van der Waals surface area contributed by atoms with Crippen LogP contribution in [0.1, 0.15) is 18.2 Å². The van der Waals surface area contributed by atoms with E-state index in [0.29, 0.717) is 11.3 Å². The Balaban J connectivity index is 2.57. The molecule has 2 aromatic rings. The molecule has 0 aliphatic carbocycles. The number of carbonyl (C=O) groups is 1. The number of nitrogens with two attached hydrogens (primary N) is 1. The number of hydrogen-bond donors (Lipinski definition) is 2. The van der Waals surface area contributed by atoms with Gasteiger partial charge in [-0.3, -0.25) is 4.79 Å². The molecule has 0 fully saturated rings.